The van der Waals surface area contributed by atoms with E-state index in [2.05, 4.69) is 28.0 Å². The average Bonchev–Trinajstić information content (AvgIpc) is 2.56. The summed E-state index contributed by atoms with van der Waals surface area (Å²) in [4.78, 5) is 0. The summed E-state index contributed by atoms with van der Waals surface area (Å²) in [7, 11) is 1.92. The summed E-state index contributed by atoms with van der Waals surface area (Å²) in [6.07, 6.45) is 0.899. The van der Waals surface area contributed by atoms with Crippen molar-refractivity contribution in [1.29, 1.82) is 0 Å². The van der Waals surface area contributed by atoms with Crippen molar-refractivity contribution in [3.05, 3.63) is 15.9 Å². The first-order chi connectivity index (χ1) is 7.91. The molecule has 0 aliphatic carbocycles. The fourth-order valence-corrected chi connectivity index (χ4v) is 2.18. The van der Waals surface area contributed by atoms with Gasteiger partial charge in [0.05, 0.1) is 35.7 Å². The van der Waals surface area contributed by atoms with Crippen LogP contribution in [0, 0.1) is 5.41 Å². The van der Waals surface area contributed by atoms with Gasteiger partial charge in [0.1, 0.15) is 0 Å². The number of nitrogens with zero attached hydrogens (tertiary/aromatic N) is 2. The van der Waals surface area contributed by atoms with Crippen LogP contribution >= 0.6 is 15.9 Å². The van der Waals surface area contributed by atoms with E-state index in [1.807, 2.05) is 25.6 Å². The lowest BCUT2D eigenvalue weighted by atomic mass is 9.97. The zero-order valence-electron chi connectivity index (χ0n) is 11.0. The molecule has 0 amide bonds. The summed E-state index contributed by atoms with van der Waals surface area (Å²) in [6.45, 7) is 7.19. The van der Waals surface area contributed by atoms with E-state index < -0.39 is 0 Å². The zero-order valence-corrected chi connectivity index (χ0v) is 12.5. The Morgan fingerprint density at radius 3 is 2.59 bits per heavy atom. The van der Waals surface area contributed by atoms with Crippen molar-refractivity contribution in [3.8, 4) is 0 Å². The number of hydrogen-bond acceptors (Lipinski definition) is 3. The van der Waals surface area contributed by atoms with Crippen LogP contribution in [0.25, 0.3) is 0 Å². The van der Waals surface area contributed by atoms with Gasteiger partial charge in [-0.05, 0) is 22.4 Å². The molecule has 0 atom stereocenters. The summed E-state index contributed by atoms with van der Waals surface area (Å²) in [5, 5.41) is 13.5. The molecule has 1 heterocycles. The van der Waals surface area contributed by atoms with E-state index in [-0.39, 0.29) is 12.0 Å². The highest BCUT2D eigenvalue weighted by atomic mass is 79.9. The van der Waals surface area contributed by atoms with E-state index in [0.717, 1.165) is 22.3 Å². The van der Waals surface area contributed by atoms with Gasteiger partial charge in [0.2, 0.25) is 0 Å². The number of hydrogen-bond donors (Lipinski definition) is 1. The Labute approximate surface area is 111 Å². The molecular formula is C12H21BrN2O2. The average molecular weight is 305 g/mol. The molecule has 0 bridgehead atoms. The van der Waals surface area contributed by atoms with E-state index in [1.165, 1.54) is 0 Å². The van der Waals surface area contributed by atoms with Crippen LogP contribution in [-0.4, -0.2) is 28.1 Å². The maximum absolute atomic E-state index is 9.14. The highest BCUT2D eigenvalue weighted by molar-refractivity contribution is 9.10. The first-order valence-corrected chi connectivity index (χ1v) is 6.59. The van der Waals surface area contributed by atoms with Gasteiger partial charge < -0.3 is 9.84 Å². The maximum atomic E-state index is 9.14. The highest BCUT2D eigenvalue weighted by Crippen LogP contribution is 2.23. The van der Waals surface area contributed by atoms with Gasteiger partial charge in [-0.25, -0.2) is 0 Å². The van der Waals surface area contributed by atoms with Crippen LogP contribution in [0.5, 0.6) is 0 Å². The number of aromatic nitrogens is 2. The smallest absolute Gasteiger partial charge is 0.0896 e. The number of halogens is 1. The van der Waals surface area contributed by atoms with Crippen molar-refractivity contribution < 1.29 is 9.84 Å². The number of aliphatic hydroxyl groups excluding tert-OH is 1. The zero-order chi connectivity index (χ0) is 13.1. The lowest BCUT2D eigenvalue weighted by Crippen LogP contribution is -2.23. The van der Waals surface area contributed by atoms with Gasteiger partial charge in [-0.15, -0.1) is 0 Å². The van der Waals surface area contributed by atoms with E-state index in [0.29, 0.717) is 13.2 Å². The minimum absolute atomic E-state index is 0.125. The van der Waals surface area contributed by atoms with Crippen LogP contribution < -0.4 is 0 Å². The lowest BCUT2D eigenvalue weighted by molar-refractivity contribution is 0.0173. The predicted octanol–water partition coefficient (Wildman–Crippen LogP) is 2.28. The summed E-state index contributed by atoms with van der Waals surface area (Å²) >= 11 is 3.55. The summed E-state index contributed by atoms with van der Waals surface area (Å²) < 4.78 is 8.52. The molecule has 1 aromatic rings. The molecule has 0 saturated carbocycles. The van der Waals surface area contributed by atoms with Crippen LogP contribution in [0.1, 0.15) is 32.2 Å². The Kier molecular flexibility index (Phi) is 5.16. The third-order valence-corrected chi connectivity index (χ3v) is 3.58. The predicted molar refractivity (Wildman–Crippen MR) is 70.8 cm³/mol. The molecule has 1 rings (SSSR count). The van der Waals surface area contributed by atoms with Crippen molar-refractivity contribution >= 4 is 15.9 Å². The Morgan fingerprint density at radius 2 is 2.12 bits per heavy atom. The number of aliphatic hydroxyl groups is 1. The second-order valence-electron chi connectivity index (χ2n) is 5.00. The van der Waals surface area contributed by atoms with Gasteiger partial charge in [-0.2, -0.15) is 5.10 Å². The fourth-order valence-electron chi connectivity index (χ4n) is 1.45. The lowest BCUT2D eigenvalue weighted by Gasteiger charge is -2.21. The summed E-state index contributed by atoms with van der Waals surface area (Å²) in [5.41, 5.74) is 1.89. The molecule has 0 aliphatic rings. The van der Waals surface area contributed by atoms with Crippen LogP contribution in [0.3, 0.4) is 0 Å². The molecule has 1 aromatic heterocycles. The van der Waals surface area contributed by atoms with E-state index >= 15 is 0 Å². The molecule has 0 unspecified atom stereocenters. The van der Waals surface area contributed by atoms with E-state index in [1.54, 1.807) is 0 Å². The molecule has 5 heteroatoms. The van der Waals surface area contributed by atoms with Gasteiger partial charge in [-0.1, -0.05) is 20.8 Å². The Balaban J connectivity index is 2.61. The van der Waals surface area contributed by atoms with Gasteiger partial charge >= 0.3 is 0 Å². The SMILES string of the molecule is CCc1nn(C)c(COCC(C)(C)CO)c1Br. The molecule has 0 aromatic carbocycles. The molecule has 4 nitrogen and oxygen atoms in total. The summed E-state index contributed by atoms with van der Waals surface area (Å²) in [6, 6.07) is 0. The number of aryl methyl sites for hydroxylation is 2. The molecule has 1 N–H and O–H groups in total. The molecular weight excluding hydrogens is 284 g/mol. The van der Waals surface area contributed by atoms with E-state index in [4.69, 9.17) is 9.84 Å². The highest BCUT2D eigenvalue weighted by Gasteiger charge is 2.18. The standard InChI is InChI=1S/C12H21BrN2O2/c1-5-9-11(13)10(15(4)14-9)6-17-8-12(2,3)7-16/h16H,5-8H2,1-4H3. The minimum Gasteiger partial charge on any atom is -0.396 e. The monoisotopic (exact) mass is 304 g/mol. The molecule has 0 aliphatic heterocycles. The normalized spacial score (nSPS) is 12.1. The Hall–Kier alpha value is -0.390. The topological polar surface area (TPSA) is 47.3 Å². The third kappa shape index (κ3) is 3.79. The largest absolute Gasteiger partial charge is 0.396 e. The van der Waals surface area contributed by atoms with Gasteiger partial charge in [0, 0.05) is 12.5 Å². The second kappa shape index (κ2) is 5.98. The third-order valence-electron chi connectivity index (χ3n) is 2.66. The van der Waals surface area contributed by atoms with Crippen LogP contribution in [0.2, 0.25) is 0 Å². The van der Waals surface area contributed by atoms with Gasteiger partial charge in [0.25, 0.3) is 0 Å². The molecule has 98 valence electrons. The summed E-state index contributed by atoms with van der Waals surface area (Å²) in [5.74, 6) is 0. The molecule has 17 heavy (non-hydrogen) atoms. The Bertz CT molecular complexity index is 375. The van der Waals surface area contributed by atoms with Crippen molar-refractivity contribution in [2.45, 2.75) is 33.8 Å². The van der Waals surface area contributed by atoms with Crippen LogP contribution in [0.4, 0.5) is 0 Å². The molecule has 0 spiro atoms. The van der Waals surface area contributed by atoms with Crippen LogP contribution in [-0.2, 0) is 24.8 Å². The quantitative estimate of drug-likeness (QED) is 0.877. The molecule has 0 fully saturated rings. The molecule has 0 saturated heterocycles. The van der Waals surface area contributed by atoms with Crippen LogP contribution in [0.15, 0.2) is 4.47 Å². The van der Waals surface area contributed by atoms with Crippen molar-refractivity contribution in [2.75, 3.05) is 13.2 Å². The van der Waals surface area contributed by atoms with Crippen molar-refractivity contribution in [3.63, 3.8) is 0 Å². The fraction of sp³-hybridized carbons (Fsp3) is 0.750. The minimum atomic E-state index is -0.196. The number of rotatable bonds is 6. The van der Waals surface area contributed by atoms with E-state index in [9.17, 15) is 0 Å². The van der Waals surface area contributed by atoms with Crippen molar-refractivity contribution in [1.82, 2.24) is 9.78 Å². The first-order valence-electron chi connectivity index (χ1n) is 5.80. The van der Waals surface area contributed by atoms with Gasteiger partial charge in [0.15, 0.2) is 0 Å². The van der Waals surface area contributed by atoms with Crippen molar-refractivity contribution in [2.24, 2.45) is 12.5 Å². The second-order valence-corrected chi connectivity index (χ2v) is 5.79. The Morgan fingerprint density at radius 1 is 1.47 bits per heavy atom. The maximum Gasteiger partial charge on any atom is 0.0896 e. The number of ether oxygens (including phenoxy) is 1. The first kappa shape index (κ1) is 14.7. The molecule has 0 radical (unpaired) electrons. The van der Waals surface area contributed by atoms with Gasteiger partial charge in [-0.3, -0.25) is 4.68 Å².